The molecular formula is C20H19N3O5. The van der Waals surface area contributed by atoms with Crippen LogP contribution in [0.15, 0.2) is 60.7 Å². The Morgan fingerprint density at radius 1 is 0.893 bits per heavy atom. The number of rotatable bonds is 4. The van der Waals surface area contributed by atoms with Crippen molar-refractivity contribution >= 4 is 23.8 Å². The van der Waals surface area contributed by atoms with Gasteiger partial charge in [0, 0.05) is 30.8 Å². The Hall–Kier alpha value is -3.52. The lowest BCUT2D eigenvalue weighted by molar-refractivity contribution is 0.0356. The van der Waals surface area contributed by atoms with Crippen LogP contribution in [0.5, 0.6) is 0 Å². The Labute approximate surface area is 161 Å². The standard InChI is InChI=1S/C20H19N3O5/c21-18(26)28-19(27)23-12-11-22-13-20(23,16(24)14-7-3-1-4-8-14)17(25)15-9-5-2-6-10-15/h1-10,22H,11-13H2,(H2,21,26). The average Bonchev–Trinajstić information content (AvgIpc) is 2.73. The minimum atomic E-state index is -1.91. The van der Waals surface area contributed by atoms with Crippen molar-refractivity contribution in [2.45, 2.75) is 5.54 Å². The Balaban J connectivity index is 2.14. The number of primary amides is 1. The molecule has 1 fully saturated rings. The third-order valence-corrected chi connectivity index (χ3v) is 4.59. The Morgan fingerprint density at radius 3 is 1.86 bits per heavy atom. The van der Waals surface area contributed by atoms with Gasteiger partial charge in [-0.15, -0.1) is 0 Å². The molecule has 0 aromatic heterocycles. The molecule has 3 N–H and O–H groups in total. The number of hydrogen-bond donors (Lipinski definition) is 2. The molecule has 2 aromatic carbocycles. The second kappa shape index (κ2) is 8.01. The van der Waals surface area contributed by atoms with E-state index in [9.17, 15) is 19.2 Å². The predicted molar refractivity (Wildman–Crippen MR) is 99.9 cm³/mol. The Morgan fingerprint density at radius 2 is 1.39 bits per heavy atom. The molecule has 0 bridgehead atoms. The molecule has 0 spiro atoms. The van der Waals surface area contributed by atoms with E-state index >= 15 is 0 Å². The van der Waals surface area contributed by atoms with Gasteiger partial charge in [-0.3, -0.25) is 14.5 Å². The van der Waals surface area contributed by atoms with Crippen LogP contribution in [-0.4, -0.2) is 53.8 Å². The lowest BCUT2D eigenvalue weighted by Crippen LogP contribution is -2.71. The molecule has 2 aromatic rings. The van der Waals surface area contributed by atoms with Crippen molar-refractivity contribution < 1.29 is 23.9 Å². The zero-order valence-corrected chi connectivity index (χ0v) is 15.0. The molecule has 1 heterocycles. The minimum absolute atomic E-state index is 0.0107. The maximum absolute atomic E-state index is 13.5. The highest BCUT2D eigenvalue weighted by atomic mass is 16.6. The lowest BCUT2D eigenvalue weighted by atomic mass is 9.79. The van der Waals surface area contributed by atoms with Gasteiger partial charge in [-0.25, -0.2) is 9.59 Å². The fourth-order valence-electron chi connectivity index (χ4n) is 3.30. The summed E-state index contributed by atoms with van der Waals surface area (Å²) >= 11 is 0. The van der Waals surface area contributed by atoms with Crippen LogP contribution in [0.1, 0.15) is 20.7 Å². The summed E-state index contributed by atoms with van der Waals surface area (Å²) < 4.78 is 4.51. The van der Waals surface area contributed by atoms with E-state index in [4.69, 9.17) is 5.73 Å². The fourth-order valence-corrected chi connectivity index (χ4v) is 3.30. The number of amides is 2. The number of nitrogens with zero attached hydrogens (tertiary/aromatic N) is 1. The molecule has 2 amide bonds. The van der Waals surface area contributed by atoms with Crippen LogP contribution >= 0.6 is 0 Å². The molecule has 3 rings (SSSR count). The van der Waals surface area contributed by atoms with Crippen molar-refractivity contribution in [2.24, 2.45) is 5.73 Å². The normalized spacial score (nSPS) is 15.5. The van der Waals surface area contributed by atoms with Gasteiger partial charge >= 0.3 is 12.2 Å². The van der Waals surface area contributed by atoms with Crippen molar-refractivity contribution in [1.82, 2.24) is 10.2 Å². The Kier molecular flexibility index (Phi) is 5.51. The molecule has 144 valence electrons. The van der Waals surface area contributed by atoms with Gasteiger partial charge in [0.2, 0.25) is 0 Å². The molecule has 1 saturated heterocycles. The van der Waals surface area contributed by atoms with Gasteiger partial charge in [0.25, 0.3) is 0 Å². The van der Waals surface area contributed by atoms with E-state index < -0.39 is 29.3 Å². The Bertz CT molecular complexity index is 847. The van der Waals surface area contributed by atoms with Crippen LogP contribution in [0.3, 0.4) is 0 Å². The lowest BCUT2D eigenvalue weighted by Gasteiger charge is -2.43. The van der Waals surface area contributed by atoms with E-state index in [2.05, 4.69) is 10.1 Å². The zero-order valence-electron chi connectivity index (χ0n) is 15.0. The topological polar surface area (TPSA) is 119 Å². The van der Waals surface area contributed by atoms with Crippen molar-refractivity contribution in [1.29, 1.82) is 0 Å². The van der Waals surface area contributed by atoms with Gasteiger partial charge in [-0.2, -0.15) is 0 Å². The molecule has 0 atom stereocenters. The first-order valence-electron chi connectivity index (χ1n) is 8.66. The van der Waals surface area contributed by atoms with Gasteiger partial charge in [0.1, 0.15) is 0 Å². The number of ketones is 2. The van der Waals surface area contributed by atoms with E-state index in [0.717, 1.165) is 4.90 Å². The minimum Gasteiger partial charge on any atom is -0.359 e. The summed E-state index contributed by atoms with van der Waals surface area (Å²) in [7, 11) is 0. The monoisotopic (exact) mass is 381 g/mol. The number of hydrogen-bond acceptors (Lipinski definition) is 6. The van der Waals surface area contributed by atoms with E-state index in [1.165, 1.54) is 0 Å². The first kappa shape index (κ1) is 19.2. The largest absolute Gasteiger partial charge is 0.420 e. The molecule has 0 radical (unpaired) electrons. The van der Waals surface area contributed by atoms with Crippen molar-refractivity contribution in [3.05, 3.63) is 71.8 Å². The van der Waals surface area contributed by atoms with Gasteiger partial charge in [-0.05, 0) is 0 Å². The highest BCUT2D eigenvalue weighted by molar-refractivity contribution is 6.25. The van der Waals surface area contributed by atoms with E-state index in [0.29, 0.717) is 6.54 Å². The summed E-state index contributed by atoms with van der Waals surface area (Å²) in [6.45, 7) is 0.186. The summed E-state index contributed by atoms with van der Waals surface area (Å²) in [6.07, 6.45) is -2.45. The van der Waals surface area contributed by atoms with Gasteiger partial charge < -0.3 is 15.8 Å². The van der Waals surface area contributed by atoms with Crippen LogP contribution in [0.4, 0.5) is 9.59 Å². The van der Waals surface area contributed by atoms with Crippen LogP contribution in [-0.2, 0) is 4.74 Å². The summed E-state index contributed by atoms with van der Waals surface area (Å²) in [4.78, 5) is 51.7. The molecule has 0 saturated carbocycles. The zero-order chi connectivity index (χ0) is 20.1. The van der Waals surface area contributed by atoms with Gasteiger partial charge in [0.05, 0.1) is 0 Å². The smallest absolute Gasteiger partial charge is 0.359 e. The highest BCUT2D eigenvalue weighted by Crippen LogP contribution is 2.28. The molecule has 0 unspecified atom stereocenters. The first-order valence-corrected chi connectivity index (χ1v) is 8.66. The fraction of sp³-hybridized carbons (Fsp3) is 0.200. The predicted octanol–water partition coefficient (Wildman–Crippen LogP) is 1.61. The summed E-state index contributed by atoms with van der Waals surface area (Å²) in [6, 6.07) is 16.4. The number of nitrogens with one attached hydrogen (secondary N) is 1. The summed E-state index contributed by atoms with van der Waals surface area (Å²) in [5, 5.41) is 3.01. The van der Waals surface area contributed by atoms with Crippen LogP contribution < -0.4 is 11.1 Å². The van der Waals surface area contributed by atoms with E-state index in [-0.39, 0.29) is 24.2 Å². The molecule has 8 heteroatoms. The van der Waals surface area contributed by atoms with E-state index in [1.807, 2.05) is 0 Å². The summed E-state index contributed by atoms with van der Waals surface area (Å²) in [5.74, 6) is -1.15. The van der Waals surface area contributed by atoms with Crippen LogP contribution in [0.25, 0.3) is 0 Å². The number of carbonyl (C=O) groups excluding carboxylic acids is 4. The van der Waals surface area contributed by atoms with Crippen molar-refractivity contribution in [2.75, 3.05) is 19.6 Å². The van der Waals surface area contributed by atoms with Gasteiger partial charge in [-0.1, -0.05) is 60.7 Å². The number of Topliss-reactive ketones (excluding diaryl/α,β-unsaturated/α-hetero) is 2. The quantitative estimate of drug-likeness (QED) is 0.613. The molecule has 8 nitrogen and oxygen atoms in total. The second-order valence-corrected chi connectivity index (χ2v) is 6.27. The number of piperazine rings is 1. The third kappa shape index (κ3) is 3.49. The highest BCUT2D eigenvalue weighted by Gasteiger charge is 2.55. The third-order valence-electron chi connectivity index (χ3n) is 4.59. The van der Waals surface area contributed by atoms with E-state index in [1.54, 1.807) is 60.7 Å². The maximum atomic E-state index is 13.5. The van der Waals surface area contributed by atoms with Crippen molar-refractivity contribution in [3.63, 3.8) is 0 Å². The molecular weight excluding hydrogens is 362 g/mol. The van der Waals surface area contributed by atoms with Gasteiger partial charge in [0.15, 0.2) is 17.1 Å². The number of ether oxygens (including phenoxy) is 1. The molecule has 28 heavy (non-hydrogen) atoms. The second-order valence-electron chi connectivity index (χ2n) is 6.27. The first-order chi connectivity index (χ1) is 13.5. The average molecular weight is 381 g/mol. The number of nitrogens with two attached hydrogens (primary N) is 1. The SMILES string of the molecule is NC(=O)OC(=O)N1CCNCC1(C(=O)c1ccccc1)C(=O)c1ccccc1. The number of carbonyl (C=O) groups is 4. The van der Waals surface area contributed by atoms with Crippen LogP contribution in [0.2, 0.25) is 0 Å². The maximum Gasteiger partial charge on any atom is 0.420 e. The van der Waals surface area contributed by atoms with Crippen molar-refractivity contribution in [3.8, 4) is 0 Å². The summed E-state index contributed by atoms with van der Waals surface area (Å²) in [5.41, 5.74) is 3.57. The van der Waals surface area contributed by atoms with Crippen LogP contribution in [0, 0.1) is 0 Å². The number of benzene rings is 2. The molecule has 1 aliphatic rings. The molecule has 1 aliphatic heterocycles. The molecule has 0 aliphatic carbocycles.